The van der Waals surface area contributed by atoms with Crippen LogP contribution in [0.15, 0.2) is 100 Å². The summed E-state index contributed by atoms with van der Waals surface area (Å²) in [4.78, 5) is 48.2. The molecule has 1 saturated heterocycles. The molecule has 5 atom stereocenters. The number of rotatable bonds is 17. The number of nitrogens with two attached hydrogens (primary N) is 2. The van der Waals surface area contributed by atoms with E-state index < -0.39 is 30.5 Å². The Hall–Kier alpha value is -4.34. The van der Waals surface area contributed by atoms with Gasteiger partial charge in [-0.05, 0) is 67.5 Å². The average Bonchev–Trinajstić information content (AvgIpc) is 3.90. The van der Waals surface area contributed by atoms with Crippen LogP contribution in [0.3, 0.4) is 0 Å². The molecule has 1 fully saturated rings. The van der Waals surface area contributed by atoms with Crippen LogP contribution in [-0.2, 0) is 34.7 Å². The number of carbonyl (C=O) groups excluding carboxylic acids is 2. The summed E-state index contributed by atoms with van der Waals surface area (Å²) >= 11 is 0. The summed E-state index contributed by atoms with van der Waals surface area (Å²) in [5.41, 5.74) is 18.4. The van der Waals surface area contributed by atoms with Gasteiger partial charge in [-0.25, -0.2) is 9.98 Å². The molecule has 334 valence electrons. The van der Waals surface area contributed by atoms with Crippen LogP contribution >= 0.6 is 0 Å². The molecule has 1 amide bonds. The van der Waals surface area contributed by atoms with Crippen LogP contribution in [0.1, 0.15) is 67.2 Å². The van der Waals surface area contributed by atoms with Gasteiger partial charge in [0.2, 0.25) is 5.91 Å². The van der Waals surface area contributed by atoms with E-state index in [0.29, 0.717) is 96.5 Å². The second kappa shape index (κ2) is 22.1. The largest absolute Gasteiger partial charge is 2.00 e. The molecular formula is C44H61N9O7Pd. The molecule has 0 aliphatic carbocycles. The Bertz CT molecular complexity index is 2060. The fraction of sp³-hybridized carbons (Fsp3) is 0.545. The Morgan fingerprint density at radius 3 is 2.31 bits per heavy atom. The number of carbonyl (C=O) groups is 2. The van der Waals surface area contributed by atoms with Crippen molar-refractivity contribution >= 4 is 34.9 Å². The number of nitrogens with one attached hydrogen (secondary N) is 2. The predicted molar refractivity (Wildman–Crippen MR) is 229 cm³/mol. The number of esters is 1. The summed E-state index contributed by atoms with van der Waals surface area (Å²) in [5, 5.41) is 53.5. The van der Waals surface area contributed by atoms with Crippen LogP contribution in [0.2, 0.25) is 0 Å². The second-order valence-corrected chi connectivity index (χ2v) is 15.9. The van der Waals surface area contributed by atoms with Gasteiger partial charge in [-0.3, -0.25) is 24.5 Å². The Morgan fingerprint density at radius 2 is 1.69 bits per heavy atom. The van der Waals surface area contributed by atoms with Crippen molar-refractivity contribution < 1.29 is 55.2 Å². The molecule has 8 N–H and O–H groups in total. The van der Waals surface area contributed by atoms with Crippen molar-refractivity contribution in [1.82, 2.24) is 15.5 Å². The van der Waals surface area contributed by atoms with Crippen molar-refractivity contribution in [3.05, 3.63) is 80.3 Å². The van der Waals surface area contributed by atoms with E-state index in [9.17, 15) is 30.0 Å². The van der Waals surface area contributed by atoms with Gasteiger partial charge >= 0.3 is 26.4 Å². The van der Waals surface area contributed by atoms with Crippen molar-refractivity contribution in [2.75, 3.05) is 59.5 Å². The van der Waals surface area contributed by atoms with Crippen molar-refractivity contribution in [3.63, 3.8) is 0 Å². The molecule has 5 heterocycles. The van der Waals surface area contributed by atoms with Gasteiger partial charge in [0.05, 0.1) is 61.3 Å². The third-order valence-electron chi connectivity index (χ3n) is 11.9. The SMILES string of the molecule is CC[C@H]1C2=CC3=NC(=C(CC(=O)OC)C4=NC(=CC5=C(C)/C(=C(/C)[O-])C(=N5)C=C(N2)[C@@H]1C)[C@@H](C)[C@@H]4CCC(=O)NCCN(CCN)CCN)C(C([O-])=NCC(O)CO)=C3C.[Pd+2]. The van der Waals surface area contributed by atoms with Gasteiger partial charge in [-0.15, -0.1) is 5.76 Å². The summed E-state index contributed by atoms with van der Waals surface area (Å²) in [5.74, 6) is -2.21. The fourth-order valence-electron chi connectivity index (χ4n) is 8.52. The van der Waals surface area contributed by atoms with Gasteiger partial charge in [0, 0.05) is 97.6 Å². The maximum absolute atomic E-state index is 14.1. The maximum Gasteiger partial charge on any atom is 2.00 e. The van der Waals surface area contributed by atoms with Crippen LogP contribution in [0.5, 0.6) is 0 Å². The first-order chi connectivity index (χ1) is 28.7. The molecule has 1 unspecified atom stereocenters. The molecule has 0 saturated carbocycles. The van der Waals surface area contributed by atoms with E-state index >= 15 is 0 Å². The standard InChI is InChI=1S/C44H63N9O7.Pd/c1-8-29-23(2)32-20-37-40(27(6)55)25(4)34(50-37)18-33-24(3)30(9-10-38(57)47-13-16-53(14-11-45)15-12-46)42(51-33)31(17-39(58)60-7)43-41(44(59)48-21-28(56)22-54)26(5)35(52-43)19-36(29)49-32;/h18-20,23-24,28-30,49,54-56H,8-17,21-22,45-46H2,1-7H3,(H,47,57)(H,48,59);/q;+2/p-2/b32-20?,33-18?,36-19?,40-27+,43-31?;/t23-,24+,28?,29-,30+;/m1./s1. The molecule has 0 aromatic rings. The van der Waals surface area contributed by atoms with E-state index in [1.165, 1.54) is 14.0 Å². The Labute approximate surface area is 372 Å². The van der Waals surface area contributed by atoms with Gasteiger partial charge in [-0.1, -0.05) is 27.7 Å². The molecule has 5 aliphatic heterocycles. The second-order valence-electron chi connectivity index (χ2n) is 15.9. The first-order valence-corrected chi connectivity index (χ1v) is 20.9. The number of hydrogen-bond donors (Lipinski definition) is 6. The fourth-order valence-corrected chi connectivity index (χ4v) is 8.52. The van der Waals surface area contributed by atoms with Crippen molar-refractivity contribution in [3.8, 4) is 0 Å². The Morgan fingerprint density at radius 1 is 1.00 bits per heavy atom. The number of aliphatic hydroxyl groups excluding tert-OH is 2. The summed E-state index contributed by atoms with van der Waals surface area (Å²) in [6.07, 6.45) is 5.39. The molecule has 0 aromatic carbocycles. The van der Waals surface area contributed by atoms with E-state index in [2.05, 4.69) is 34.4 Å². The van der Waals surface area contributed by atoms with E-state index in [-0.39, 0.29) is 80.5 Å². The normalized spacial score (nSPS) is 23.8. The molecule has 5 aliphatic rings. The third-order valence-corrected chi connectivity index (χ3v) is 11.9. The minimum absolute atomic E-state index is 0. The van der Waals surface area contributed by atoms with Crippen molar-refractivity contribution in [2.45, 2.75) is 73.3 Å². The molecule has 0 spiro atoms. The topological polar surface area (TPSA) is 259 Å². The first-order valence-electron chi connectivity index (χ1n) is 20.9. The zero-order valence-electron chi connectivity index (χ0n) is 36.2. The number of ether oxygens (including phenoxy) is 1. The molecule has 16 nitrogen and oxygen atoms in total. The molecule has 5 rings (SSSR count). The molecular weight excluding hydrogens is 873 g/mol. The number of aliphatic imine (C=N–C) groups is 4. The summed E-state index contributed by atoms with van der Waals surface area (Å²) < 4.78 is 5.20. The minimum atomic E-state index is -1.25. The quantitative estimate of drug-likeness (QED) is 0.0391. The minimum Gasteiger partial charge on any atom is -0.875 e. The van der Waals surface area contributed by atoms with Crippen molar-refractivity contribution in [1.29, 1.82) is 0 Å². The molecule has 0 aromatic heterocycles. The van der Waals surface area contributed by atoms with E-state index in [0.717, 1.165) is 17.8 Å². The zero-order valence-corrected chi connectivity index (χ0v) is 37.8. The predicted octanol–water partition coefficient (Wildman–Crippen LogP) is 0.801. The number of methoxy groups -OCH3 is 1. The number of allylic oxidation sites excluding steroid dienone is 10. The first kappa shape index (κ1) is 49.3. The van der Waals surface area contributed by atoms with E-state index in [4.69, 9.17) is 31.2 Å². The summed E-state index contributed by atoms with van der Waals surface area (Å²) in [7, 11) is 1.28. The average molecular weight is 934 g/mol. The van der Waals surface area contributed by atoms with Crippen molar-refractivity contribution in [2.24, 2.45) is 55.1 Å². The number of amides is 1. The van der Waals surface area contributed by atoms with E-state index in [1.807, 2.05) is 32.1 Å². The molecule has 0 radical (unpaired) electrons. The van der Waals surface area contributed by atoms with E-state index in [1.54, 1.807) is 6.92 Å². The van der Waals surface area contributed by atoms with Gasteiger partial charge in [0.25, 0.3) is 0 Å². The Balaban J connectivity index is 0.00000819. The monoisotopic (exact) mass is 933 g/mol. The number of aliphatic hydroxyl groups is 2. The van der Waals surface area contributed by atoms with Crippen LogP contribution < -0.4 is 32.3 Å². The maximum atomic E-state index is 14.1. The number of fused-ring (bicyclic) bond motifs is 5. The Kier molecular flexibility index (Phi) is 17.9. The van der Waals surface area contributed by atoms with Gasteiger partial charge < -0.3 is 47.3 Å². The van der Waals surface area contributed by atoms with Gasteiger partial charge in [-0.2, -0.15) is 0 Å². The smallest absolute Gasteiger partial charge is 0.875 e. The van der Waals surface area contributed by atoms with Crippen LogP contribution in [0.4, 0.5) is 0 Å². The number of nitrogens with zero attached hydrogens (tertiary/aromatic N) is 5. The van der Waals surface area contributed by atoms with Gasteiger partial charge in [0.1, 0.15) is 0 Å². The summed E-state index contributed by atoms with van der Waals surface area (Å²) in [6.45, 7) is 13.7. The van der Waals surface area contributed by atoms with Crippen LogP contribution in [0, 0.1) is 23.7 Å². The molecule has 61 heavy (non-hydrogen) atoms. The third kappa shape index (κ3) is 11.2. The number of hydrogen-bond acceptors (Lipinski definition) is 15. The van der Waals surface area contributed by atoms with Crippen LogP contribution in [-0.4, -0.2) is 116 Å². The van der Waals surface area contributed by atoms with Gasteiger partial charge in [0.15, 0.2) is 0 Å². The zero-order chi connectivity index (χ0) is 43.8. The van der Waals surface area contributed by atoms with Crippen LogP contribution in [0.25, 0.3) is 0 Å². The molecule has 17 heteroatoms. The summed E-state index contributed by atoms with van der Waals surface area (Å²) in [6, 6.07) is 0. The molecule has 8 bridgehead atoms.